The molecule has 1 aromatic heterocycles. The molecule has 1 atom stereocenters. The zero-order valence-corrected chi connectivity index (χ0v) is 12.2. The smallest absolute Gasteiger partial charge is 0.254 e. The molecule has 21 heavy (non-hydrogen) atoms. The van der Waals surface area contributed by atoms with Gasteiger partial charge in [-0.05, 0) is 37.5 Å². The molecule has 1 aromatic carbocycles. The molecular weight excluding hydrogens is 264 g/mol. The van der Waals surface area contributed by atoms with Crippen LogP contribution in [0, 0.1) is 12.8 Å². The molecule has 3 rings (SSSR count). The maximum absolute atomic E-state index is 12.1. The lowest BCUT2D eigenvalue weighted by atomic mass is 10.1. The van der Waals surface area contributed by atoms with Gasteiger partial charge in [0.25, 0.3) is 5.91 Å². The van der Waals surface area contributed by atoms with E-state index in [0.29, 0.717) is 23.8 Å². The summed E-state index contributed by atoms with van der Waals surface area (Å²) in [6.07, 6.45) is 2.66. The lowest BCUT2D eigenvalue weighted by molar-refractivity contribution is 0.0947. The summed E-state index contributed by atoms with van der Waals surface area (Å²) >= 11 is 0. The predicted molar refractivity (Wildman–Crippen MR) is 82.5 cm³/mol. The molecule has 4 heteroatoms. The molecule has 1 aliphatic heterocycles. The van der Waals surface area contributed by atoms with Crippen LogP contribution in [0.5, 0.6) is 0 Å². The summed E-state index contributed by atoms with van der Waals surface area (Å²) in [4.78, 5) is 14.4. The number of carbonyl (C=O) groups excluding carboxylic acids is 1. The minimum atomic E-state index is -0.0422. The van der Waals surface area contributed by atoms with Gasteiger partial charge in [-0.25, -0.2) is 0 Å². The lowest BCUT2D eigenvalue weighted by Gasteiger charge is -2.18. The molecule has 2 heterocycles. The Bertz CT molecular complexity index is 606. The second-order valence-corrected chi connectivity index (χ2v) is 5.54. The van der Waals surface area contributed by atoms with Crippen LogP contribution in [0.3, 0.4) is 0 Å². The second-order valence-electron chi connectivity index (χ2n) is 5.54. The minimum absolute atomic E-state index is 0.0422. The summed E-state index contributed by atoms with van der Waals surface area (Å²) < 4.78 is 5.16. The average molecular weight is 284 g/mol. The zero-order chi connectivity index (χ0) is 14.7. The molecule has 0 aliphatic carbocycles. The van der Waals surface area contributed by atoms with E-state index in [0.717, 1.165) is 19.5 Å². The first kappa shape index (κ1) is 13.7. The fourth-order valence-corrected chi connectivity index (χ4v) is 2.83. The summed E-state index contributed by atoms with van der Waals surface area (Å²) in [5.74, 6) is 1.13. The van der Waals surface area contributed by atoms with Crippen LogP contribution < -0.4 is 10.2 Å². The van der Waals surface area contributed by atoms with Gasteiger partial charge in [-0.2, -0.15) is 0 Å². The Morgan fingerprint density at radius 3 is 2.86 bits per heavy atom. The van der Waals surface area contributed by atoms with Gasteiger partial charge in [0.2, 0.25) is 0 Å². The Hall–Kier alpha value is -2.23. The highest BCUT2D eigenvalue weighted by molar-refractivity contribution is 5.95. The number of nitrogens with one attached hydrogen (secondary N) is 1. The van der Waals surface area contributed by atoms with Crippen LogP contribution in [0.4, 0.5) is 5.69 Å². The number of rotatable bonds is 4. The molecule has 1 N–H and O–H groups in total. The number of aryl methyl sites for hydroxylation is 1. The Kier molecular flexibility index (Phi) is 3.95. The molecule has 2 aromatic rings. The molecule has 1 aliphatic rings. The Balaban J connectivity index is 1.52. The van der Waals surface area contributed by atoms with Gasteiger partial charge in [-0.1, -0.05) is 18.2 Å². The van der Waals surface area contributed by atoms with E-state index in [4.69, 9.17) is 4.42 Å². The summed E-state index contributed by atoms with van der Waals surface area (Å²) in [5.41, 5.74) is 1.89. The summed E-state index contributed by atoms with van der Waals surface area (Å²) in [5, 5.41) is 3.01. The molecule has 110 valence electrons. The molecule has 0 saturated carbocycles. The summed E-state index contributed by atoms with van der Waals surface area (Å²) in [7, 11) is 0. The van der Waals surface area contributed by atoms with E-state index in [-0.39, 0.29) is 5.91 Å². The quantitative estimate of drug-likeness (QED) is 0.939. The number of hydrogen-bond donors (Lipinski definition) is 1. The van der Waals surface area contributed by atoms with E-state index in [9.17, 15) is 4.79 Å². The first-order valence-electron chi connectivity index (χ1n) is 7.36. The third kappa shape index (κ3) is 3.10. The van der Waals surface area contributed by atoms with Crippen molar-refractivity contribution in [1.29, 1.82) is 0 Å². The third-order valence-electron chi connectivity index (χ3n) is 4.06. The largest absolute Gasteiger partial charge is 0.469 e. The molecule has 0 spiro atoms. The Labute approximate surface area is 124 Å². The van der Waals surface area contributed by atoms with Crippen molar-refractivity contribution in [2.75, 3.05) is 24.5 Å². The van der Waals surface area contributed by atoms with Gasteiger partial charge in [0.15, 0.2) is 0 Å². The number of hydrogen-bond acceptors (Lipinski definition) is 3. The highest BCUT2D eigenvalue weighted by Crippen LogP contribution is 2.23. The fraction of sp³-hybridized carbons (Fsp3) is 0.353. The van der Waals surface area contributed by atoms with Gasteiger partial charge < -0.3 is 14.6 Å². The van der Waals surface area contributed by atoms with Crippen LogP contribution in [0.15, 0.2) is 47.1 Å². The second kappa shape index (κ2) is 6.04. The summed E-state index contributed by atoms with van der Waals surface area (Å²) in [6, 6.07) is 12.1. The van der Waals surface area contributed by atoms with Crippen molar-refractivity contribution in [3.05, 3.63) is 54.0 Å². The number of nitrogens with zero attached hydrogens (tertiary/aromatic N) is 1. The average Bonchev–Trinajstić information content (AvgIpc) is 3.15. The number of carbonyl (C=O) groups is 1. The molecular formula is C17H20N2O2. The van der Waals surface area contributed by atoms with Crippen LogP contribution in [0.25, 0.3) is 0 Å². The molecule has 0 radical (unpaired) electrons. The van der Waals surface area contributed by atoms with Crippen molar-refractivity contribution in [2.45, 2.75) is 13.3 Å². The van der Waals surface area contributed by atoms with Gasteiger partial charge in [0, 0.05) is 25.3 Å². The number of para-hydroxylation sites is 1. The zero-order valence-electron chi connectivity index (χ0n) is 12.2. The van der Waals surface area contributed by atoms with Gasteiger partial charge >= 0.3 is 0 Å². The monoisotopic (exact) mass is 284 g/mol. The number of anilines is 1. The van der Waals surface area contributed by atoms with E-state index < -0.39 is 0 Å². The lowest BCUT2D eigenvalue weighted by Crippen LogP contribution is -2.31. The van der Waals surface area contributed by atoms with E-state index >= 15 is 0 Å². The van der Waals surface area contributed by atoms with Crippen molar-refractivity contribution in [3.63, 3.8) is 0 Å². The summed E-state index contributed by atoms with van der Waals surface area (Å²) in [6.45, 7) is 4.57. The van der Waals surface area contributed by atoms with Crippen molar-refractivity contribution in [2.24, 2.45) is 5.92 Å². The van der Waals surface area contributed by atoms with Crippen molar-refractivity contribution >= 4 is 11.6 Å². The molecule has 0 bridgehead atoms. The van der Waals surface area contributed by atoms with Gasteiger partial charge in [0.1, 0.15) is 5.76 Å². The van der Waals surface area contributed by atoms with Gasteiger partial charge in [-0.3, -0.25) is 4.79 Å². The van der Waals surface area contributed by atoms with Gasteiger partial charge in [0.05, 0.1) is 11.8 Å². The SMILES string of the molecule is Cc1occc1C(=O)NCC1CCN(c2ccccc2)C1. The predicted octanol–water partition coefficient (Wildman–Crippen LogP) is 2.84. The van der Waals surface area contributed by atoms with E-state index in [1.807, 2.05) is 13.0 Å². The molecule has 4 nitrogen and oxygen atoms in total. The minimum Gasteiger partial charge on any atom is -0.469 e. The van der Waals surface area contributed by atoms with Crippen molar-refractivity contribution < 1.29 is 9.21 Å². The van der Waals surface area contributed by atoms with Crippen LogP contribution >= 0.6 is 0 Å². The highest BCUT2D eigenvalue weighted by atomic mass is 16.3. The third-order valence-corrected chi connectivity index (χ3v) is 4.06. The van der Waals surface area contributed by atoms with E-state index in [1.165, 1.54) is 5.69 Å². The molecule has 1 unspecified atom stereocenters. The highest BCUT2D eigenvalue weighted by Gasteiger charge is 2.23. The fourth-order valence-electron chi connectivity index (χ4n) is 2.83. The number of amides is 1. The molecule has 1 amide bonds. The maximum atomic E-state index is 12.1. The van der Waals surface area contributed by atoms with Crippen LogP contribution in [-0.2, 0) is 0 Å². The van der Waals surface area contributed by atoms with Crippen molar-refractivity contribution in [1.82, 2.24) is 5.32 Å². The molecule has 1 saturated heterocycles. The first-order chi connectivity index (χ1) is 10.2. The van der Waals surface area contributed by atoms with Gasteiger partial charge in [-0.15, -0.1) is 0 Å². The normalized spacial score (nSPS) is 18.0. The number of benzene rings is 1. The van der Waals surface area contributed by atoms with Crippen molar-refractivity contribution in [3.8, 4) is 0 Å². The Morgan fingerprint density at radius 2 is 2.14 bits per heavy atom. The van der Waals surface area contributed by atoms with E-state index in [1.54, 1.807) is 12.3 Å². The Morgan fingerprint density at radius 1 is 1.33 bits per heavy atom. The number of furan rings is 1. The molecule has 1 fully saturated rings. The topological polar surface area (TPSA) is 45.5 Å². The van der Waals surface area contributed by atoms with Crippen LogP contribution in [-0.4, -0.2) is 25.5 Å². The first-order valence-corrected chi connectivity index (χ1v) is 7.36. The standard InChI is InChI=1S/C17H20N2O2/c1-13-16(8-10-21-13)17(20)18-11-14-7-9-19(12-14)15-5-3-2-4-6-15/h2-6,8,10,14H,7,9,11-12H2,1H3,(H,18,20). The van der Waals surface area contributed by atoms with Crippen LogP contribution in [0.1, 0.15) is 22.5 Å². The maximum Gasteiger partial charge on any atom is 0.254 e. The van der Waals surface area contributed by atoms with Crippen LogP contribution in [0.2, 0.25) is 0 Å². The van der Waals surface area contributed by atoms with E-state index in [2.05, 4.69) is 34.5 Å².